The number of likely N-dealkylation sites (tertiary alicyclic amines) is 1. The van der Waals surface area contributed by atoms with Gasteiger partial charge >= 0.3 is 6.61 Å². The lowest BCUT2D eigenvalue weighted by atomic mass is 10.1. The van der Waals surface area contributed by atoms with E-state index in [9.17, 15) is 8.78 Å². The van der Waals surface area contributed by atoms with Crippen LogP contribution in [0.4, 0.5) is 8.78 Å². The molecule has 2 N–H and O–H groups in total. The molecule has 3 rings (SSSR count). The first kappa shape index (κ1) is 26.2. The van der Waals surface area contributed by atoms with Gasteiger partial charge in [0.15, 0.2) is 5.96 Å². The summed E-state index contributed by atoms with van der Waals surface area (Å²) in [6.45, 7) is 0.0112. The number of furan rings is 1. The Morgan fingerprint density at radius 3 is 2.59 bits per heavy atom. The van der Waals surface area contributed by atoms with E-state index in [4.69, 9.17) is 9.15 Å². The zero-order valence-electron chi connectivity index (χ0n) is 18.4. The maximum Gasteiger partial charge on any atom is 0.387 e. The molecule has 0 radical (unpaired) electrons. The molecule has 1 aromatic heterocycles. The number of aliphatic imine (C=N–C) groups is 1. The first-order chi connectivity index (χ1) is 15.1. The lowest BCUT2D eigenvalue weighted by molar-refractivity contribution is -0.0505. The third kappa shape index (κ3) is 7.51. The van der Waals surface area contributed by atoms with Crippen LogP contribution in [-0.2, 0) is 6.54 Å². The van der Waals surface area contributed by atoms with Crippen molar-refractivity contribution in [2.45, 2.75) is 38.5 Å². The van der Waals surface area contributed by atoms with Crippen LogP contribution in [0.1, 0.15) is 36.6 Å². The van der Waals surface area contributed by atoms with E-state index in [1.165, 1.54) is 32.4 Å². The topological polar surface area (TPSA) is 71.3 Å². The Hall–Kier alpha value is -2.08. The Morgan fingerprint density at radius 2 is 1.97 bits per heavy atom. The predicted molar refractivity (Wildman–Crippen MR) is 130 cm³/mol. The summed E-state index contributed by atoms with van der Waals surface area (Å²) in [5.41, 5.74) is 0.572. The molecule has 2 aromatic rings. The standard InChI is InChI=1S/C22H30F2N4O3.HI/c1-25-22(26-14-16-8-9-17(29-2)13-20(16)31-21(23)24)27-15-18(19-7-6-12-30-19)28-10-4-3-5-11-28;/h6-9,12-13,18,21H,3-5,10-11,14-15H2,1-2H3,(H2,25,26,27);1H. The van der Waals surface area contributed by atoms with E-state index in [0.29, 0.717) is 23.8 Å². The molecular weight excluding hydrogens is 533 g/mol. The lowest BCUT2D eigenvalue weighted by Crippen LogP contribution is -2.44. The minimum absolute atomic E-state index is 0. The highest BCUT2D eigenvalue weighted by molar-refractivity contribution is 14.0. The van der Waals surface area contributed by atoms with Gasteiger partial charge < -0.3 is 24.5 Å². The molecule has 2 heterocycles. The first-order valence-corrected chi connectivity index (χ1v) is 10.4. The number of alkyl halides is 2. The number of methoxy groups -OCH3 is 1. The quantitative estimate of drug-likeness (QED) is 0.268. The third-order valence-electron chi connectivity index (χ3n) is 5.33. The summed E-state index contributed by atoms with van der Waals surface area (Å²) in [4.78, 5) is 6.67. The minimum atomic E-state index is -2.91. The van der Waals surface area contributed by atoms with Gasteiger partial charge in [0.1, 0.15) is 17.3 Å². The summed E-state index contributed by atoms with van der Waals surface area (Å²) >= 11 is 0. The molecule has 1 aliphatic rings. The van der Waals surface area contributed by atoms with Crippen molar-refractivity contribution >= 4 is 29.9 Å². The summed E-state index contributed by atoms with van der Waals surface area (Å²) in [5.74, 6) is 1.99. The molecule has 1 aromatic carbocycles. The van der Waals surface area contributed by atoms with E-state index < -0.39 is 6.61 Å². The van der Waals surface area contributed by atoms with Crippen molar-refractivity contribution in [1.29, 1.82) is 0 Å². The number of guanidine groups is 1. The average molecular weight is 564 g/mol. The van der Waals surface area contributed by atoms with Crippen molar-refractivity contribution < 1.29 is 22.7 Å². The molecular formula is C22H31F2IN4O3. The Bertz CT molecular complexity index is 831. The Labute approximate surface area is 204 Å². The molecule has 178 valence electrons. The smallest absolute Gasteiger partial charge is 0.387 e. The molecule has 0 amide bonds. The second-order valence-electron chi connectivity index (χ2n) is 7.29. The van der Waals surface area contributed by atoms with Crippen LogP contribution in [0.3, 0.4) is 0 Å². The van der Waals surface area contributed by atoms with E-state index in [1.807, 2.05) is 12.1 Å². The fourth-order valence-corrected chi connectivity index (χ4v) is 3.73. The summed E-state index contributed by atoms with van der Waals surface area (Å²) in [6.07, 6.45) is 5.29. The molecule has 7 nitrogen and oxygen atoms in total. The Kier molecular flexibility index (Phi) is 11.0. The molecule has 0 saturated carbocycles. The summed E-state index contributed by atoms with van der Waals surface area (Å²) in [7, 11) is 3.14. The highest BCUT2D eigenvalue weighted by Gasteiger charge is 2.24. The van der Waals surface area contributed by atoms with Crippen molar-refractivity contribution in [3.05, 3.63) is 47.9 Å². The zero-order valence-corrected chi connectivity index (χ0v) is 20.7. The molecule has 1 atom stereocenters. The van der Waals surface area contributed by atoms with Gasteiger partial charge in [-0.15, -0.1) is 24.0 Å². The number of halogens is 3. The van der Waals surface area contributed by atoms with Crippen LogP contribution < -0.4 is 20.1 Å². The summed E-state index contributed by atoms with van der Waals surface area (Å²) in [6, 6.07) is 8.82. The summed E-state index contributed by atoms with van der Waals surface area (Å²) in [5, 5.41) is 6.50. The molecule has 10 heteroatoms. The molecule has 1 fully saturated rings. The van der Waals surface area contributed by atoms with E-state index in [0.717, 1.165) is 18.8 Å². The van der Waals surface area contributed by atoms with E-state index in [-0.39, 0.29) is 42.3 Å². The number of ether oxygens (including phenoxy) is 2. The number of nitrogens with zero attached hydrogens (tertiary/aromatic N) is 2. The Balaban J connectivity index is 0.00000363. The van der Waals surface area contributed by atoms with Gasteiger partial charge in [0.25, 0.3) is 0 Å². The van der Waals surface area contributed by atoms with Crippen LogP contribution in [0.2, 0.25) is 0 Å². The lowest BCUT2D eigenvalue weighted by Gasteiger charge is -2.33. The Morgan fingerprint density at radius 1 is 1.19 bits per heavy atom. The molecule has 1 saturated heterocycles. The molecule has 1 aliphatic heterocycles. The average Bonchev–Trinajstić information content (AvgIpc) is 3.31. The maximum absolute atomic E-state index is 12.8. The molecule has 1 unspecified atom stereocenters. The summed E-state index contributed by atoms with van der Waals surface area (Å²) < 4.78 is 41.0. The van der Waals surface area contributed by atoms with Gasteiger partial charge in [0.05, 0.1) is 19.4 Å². The van der Waals surface area contributed by atoms with Crippen LogP contribution in [-0.4, -0.2) is 51.3 Å². The normalized spacial score (nSPS) is 15.7. The number of piperidine rings is 1. The second-order valence-corrected chi connectivity index (χ2v) is 7.29. The van der Waals surface area contributed by atoms with Crippen LogP contribution in [0.5, 0.6) is 11.5 Å². The molecule has 32 heavy (non-hydrogen) atoms. The van der Waals surface area contributed by atoms with Gasteiger partial charge in [0, 0.05) is 31.8 Å². The number of hydrogen-bond acceptors (Lipinski definition) is 5. The van der Waals surface area contributed by atoms with Crippen molar-refractivity contribution in [2.75, 3.05) is 33.8 Å². The van der Waals surface area contributed by atoms with E-state index >= 15 is 0 Å². The van der Waals surface area contributed by atoms with Crippen molar-refractivity contribution in [1.82, 2.24) is 15.5 Å². The van der Waals surface area contributed by atoms with Gasteiger partial charge in [-0.1, -0.05) is 6.42 Å². The second kappa shape index (κ2) is 13.5. The molecule has 0 aliphatic carbocycles. The predicted octanol–water partition coefficient (Wildman–Crippen LogP) is 4.40. The van der Waals surface area contributed by atoms with E-state index in [2.05, 4.69) is 25.3 Å². The fourth-order valence-electron chi connectivity index (χ4n) is 3.73. The number of rotatable bonds is 9. The van der Waals surface area contributed by atoms with Crippen LogP contribution in [0.15, 0.2) is 46.0 Å². The molecule has 0 spiro atoms. The van der Waals surface area contributed by atoms with Crippen LogP contribution in [0.25, 0.3) is 0 Å². The van der Waals surface area contributed by atoms with Gasteiger partial charge in [-0.2, -0.15) is 8.78 Å². The highest BCUT2D eigenvalue weighted by Crippen LogP contribution is 2.27. The monoisotopic (exact) mass is 564 g/mol. The van der Waals surface area contributed by atoms with Gasteiger partial charge in [0.2, 0.25) is 0 Å². The number of nitrogens with one attached hydrogen (secondary N) is 2. The fraction of sp³-hybridized carbons (Fsp3) is 0.500. The van der Waals surface area contributed by atoms with Gasteiger partial charge in [-0.05, 0) is 50.2 Å². The van der Waals surface area contributed by atoms with Crippen molar-refractivity contribution in [3.8, 4) is 11.5 Å². The zero-order chi connectivity index (χ0) is 22.1. The van der Waals surface area contributed by atoms with Crippen molar-refractivity contribution in [3.63, 3.8) is 0 Å². The van der Waals surface area contributed by atoms with Crippen molar-refractivity contribution in [2.24, 2.45) is 4.99 Å². The van der Waals surface area contributed by atoms with Crippen LogP contribution >= 0.6 is 24.0 Å². The van der Waals surface area contributed by atoms with Gasteiger partial charge in [-0.3, -0.25) is 9.89 Å². The highest BCUT2D eigenvalue weighted by atomic mass is 127. The first-order valence-electron chi connectivity index (χ1n) is 10.4. The van der Waals surface area contributed by atoms with E-state index in [1.54, 1.807) is 25.4 Å². The third-order valence-corrected chi connectivity index (χ3v) is 5.33. The number of hydrogen-bond donors (Lipinski definition) is 2. The largest absolute Gasteiger partial charge is 0.497 e. The number of benzene rings is 1. The van der Waals surface area contributed by atoms with Crippen LogP contribution in [0, 0.1) is 0 Å². The molecule has 0 bridgehead atoms. The SMILES string of the molecule is CN=C(NCc1ccc(OC)cc1OC(F)F)NCC(c1ccco1)N1CCCCC1.I. The maximum atomic E-state index is 12.8. The van der Waals surface area contributed by atoms with Gasteiger partial charge in [-0.25, -0.2) is 0 Å². The minimum Gasteiger partial charge on any atom is -0.497 e.